The Morgan fingerprint density at radius 2 is 1.19 bits per heavy atom. The van der Waals surface area contributed by atoms with Crippen LogP contribution in [0.3, 0.4) is 0 Å². The second-order valence-corrected chi connectivity index (χ2v) is 8.24. The van der Waals surface area contributed by atoms with E-state index in [1.807, 2.05) is 60.7 Å². The van der Waals surface area contributed by atoms with Crippen molar-refractivity contribution in [2.24, 2.45) is 0 Å². The summed E-state index contributed by atoms with van der Waals surface area (Å²) in [4.78, 5) is 13.1. The van der Waals surface area contributed by atoms with Gasteiger partial charge in [-0.05, 0) is 47.2 Å². The molecular formula is C27H32N2O3. The molecule has 0 aromatic heterocycles. The van der Waals surface area contributed by atoms with Gasteiger partial charge in [0.2, 0.25) is 0 Å². The summed E-state index contributed by atoms with van der Waals surface area (Å²) in [5, 5.41) is 6.26. The Kier molecular flexibility index (Phi) is 7.15. The number of urea groups is 1. The van der Waals surface area contributed by atoms with E-state index in [-0.39, 0.29) is 18.1 Å². The van der Waals surface area contributed by atoms with Gasteiger partial charge in [-0.15, -0.1) is 0 Å². The van der Waals surface area contributed by atoms with Gasteiger partial charge in [0.1, 0.15) is 23.6 Å². The Labute approximate surface area is 190 Å². The van der Waals surface area contributed by atoms with Gasteiger partial charge >= 0.3 is 6.03 Å². The maximum atomic E-state index is 13.1. The maximum Gasteiger partial charge on any atom is 0.316 e. The Hall–Kier alpha value is -3.21. The van der Waals surface area contributed by atoms with Crippen molar-refractivity contribution in [1.29, 1.82) is 0 Å². The van der Waals surface area contributed by atoms with Crippen LogP contribution < -0.4 is 10.6 Å². The lowest BCUT2D eigenvalue weighted by molar-refractivity contribution is 0.176. The predicted molar refractivity (Wildman–Crippen MR) is 128 cm³/mol. The molecule has 0 fully saturated rings. The van der Waals surface area contributed by atoms with E-state index in [1.54, 1.807) is 0 Å². The van der Waals surface area contributed by atoms with Crippen molar-refractivity contribution in [2.45, 2.75) is 51.6 Å². The van der Waals surface area contributed by atoms with Gasteiger partial charge in [-0.1, -0.05) is 75.2 Å². The summed E-state index contributed by atoms with van der Waals surface area (Å²) in [6.07, 6.45) is 8.14. The summed E-state index contributed by atoms with van der Waals surface area (Å²) >= 11 is 0. The van der Waals surface area contributed by atoms with E-state index in [4.69, 9.17) is 9.47 Å². The molecule has 0 bridgehead atoms. The number of benzene rings is 2. The topological polar surface area (TPSA) is 59.6 Å². The molecule has 5 nitrogen and oxygen atoms in total. The van der Waals surface area contributed by atoms with Gasteiger partial charge in [0.25, 0.3) is 0 Å². The summed E-state index contributed by atoms with van der Waals surface area (Å²) in [6, 6.07) is 15.3. The lowest BCUT2D eigenvalue weighted by Gasteiger charge is -2.23. The van der Waals surface area contributed by atoms with Crippen LogP contribution in [0.2, 0.25) is 0 Å². The number of fused-ring (bicyclic) bond motifs is 2. The van der Waals surface area contributed by atoms with Gasteiger partial charge in [0, 0.05) is 0 Å². The van der Waals surface area contributed by atoms with Crippen LogP contribution in [0.15, 0.2) is 60.0 Å². The van der Waals surface area contributed by atoms with E-state index < -0.39 is 0 Å². The molecule has 2 aliphatic carbocycles. The minimum absolute atomic E-state index is 0.247. The number of hydrogen-bond acceptors (Lipinski definition) is 3. The molecule has 0 heterocycles. The second-order valence-electron chi connectivity index (χ2n) is 8.24. The molecule has 2 aromatic rings. The summed E-state index contributed by atoms with van der Waals surface area (Å²) in [5.41, 5.74) is 4.27. The summed E-state index contributed by atoms with van der Waals surface area (Å²) in [7, 11) is 0. The van der Waals surface area contributed by atoms with Crippen molar-refractivity contribution < 1.29 is 14.3 Å². The van der Waals surface area contributed by atoms with Crippen LogP contribution in [0.5, 0.6) is 0 Å². The number of carbonyl (C=O) groups excluding carboxylic acids is 1. The number of ether oxygens (including phenoxy) is 2. The summed E-state index contributed by atoms with van der Waals surface area (Å²) in [6.45, 7) is 5.56. The molecule has 168 valence electrons. The minimum Gasteiger partial charge on any atom is -0.495 e. The van der Waals surface area contributed by atoms with E-state index in [9.17, 15) is 4.79 Å². The lowest BCUT2D eigenvalue weighted by Crippen LogP contribution is -2.40. The van der Waals surface area contributed by atoms with Gasteiger partial charge < -0.3 is 20.1 Å². The number of carbonyl (C=O) groups is 1. The molecule has 0 saturated heterocycles. The fraction of sp³-hybridized carbons (Fsp3) is 0.370. The van der Waals surface area contributed by atoms with Crippen molar-refractivity contribution in [2.75, 3.05) is 13.2 Å². The largest absolute Gasteiger partial charge is 0.495 e. The first kappa shape index (κ1) is 22.0. The predicted octanol–water partition coefficient (Wildman–Crippen LogP) is 6.11. The van der Waals surface area contributed by atoms with Crippen molar-refractivity contribution in [3.05, 3.63) is 82.3 Å². The molecule has 0 spiro atoms. The van der Waals surface area contributed by atoms with E-state index >= 15 is 0 Å². The van der Waals surface area contributed by atoms with Crippen LogP contribution in [0.25, 0.3) is 12.2 Å². The van der Waals surface area contributed by atoms with Gasteiger partial charge in [0.15, 0.2) is 0 Å². The van der Waals surface area contributed by atoms with Crippen LogP contribution in [0, 0.1) is 0 Å². The van der Waals surface area contributed by atoms with Gasteiger partial charge in [-0.3, -0.25) is 0 Å². The van der Waals surface area contributed by atoms with Crippen LogP contribution in [-0.2, 0) is 9.47 Å². The van der Waals surface area contributed by atoms with E-state index in [0.717, 1.165) is 59.5 Å². The molecule has 0 saturated carbocycles. The molecule has 0 radical (unpaired) electrons. The molecule has 2 unspecified atom stereocenters. The molecule has 2 aliphatic rings. The van der Waals surface area contributed by atoms with Gasteiger partial charge in [-0.2, -0.15) is 0 Å². The van der Waals surface area contributed by atoms with Crippen LogP contribution >= 0.6 is 0 Å². The first-order chi connectivity index (χ1) is 15.7. The normalized spacial score (nSPS) is 18.3. The highest BCUT2D eigenvalue weighted by Crippen LogP contribution is 2.37. The second kappa shape index (κ2) is 10.4. The Bertz CT molecular complexity index is 932. The Balaban J connectivity index is 1.48. The van der Waals surface area contributed by atoms with Gasteiger partial charge in [0.05, 0.1) is 13.2 Å². The maximum absolute atomic E-state index is 13.1. The molecule has 32 heavy (non-hydrogen) atoms. The number of rotatable bonds is 10. The first-order valence-electron chi connectivity index (χ1n) is 11.6. The summed E-state index contributed by atoms with van der Waals surface area (Å²) < 4.78 is 12.1. The third kappa shape index (κ3) is 4.82. The molecule has 2 amide bonds. The SMILES string of the molecule is CCCCOC1=Cc2ccccc2C1NC(=O)NC1C(OCCCC)=Cc2ccccc21. The first-order valence-corrected chi connectivity index (χ1v) is 11.6. The minimum atomic E-state index is -0.298. The zero-order valence-corrected chi connectivity index (χ0v) is 18.9. The number of hydrogen-bond donors (Lipinski definition) is 2. The standard InChI is InChI=1S/C27H32N2O3/c1-3-5-15-31-23-17-19-11-7-9-13-21(19)25(23)28-27(30)29-26-22-14-10-8-12-20(22)18-24(26)32-16-6-4-2/h7-14,17-18,25-26H,3-6,15-16H2,1-2H3,(H2,28,29,30). The smallest absolute Gasteiger partial charge is 0.316 e. The number of unbranched alkanes of at least 4 members (excludes halogenated alkanes) is 2. The average molecular weight is 433 g/mol. The third-order valence-corrected chi connectivity index (χ3v) is 5.86. The van der Waals surface area contributed by atoms with E-state index in [1.165, 1.54) is 0 Å². The fourth-order valence-corrected chi connectivity index (χ4v) is 4.11. The molecule has 2 aromatic carbocycles. The summed E-state index contributed by atoms with van der Waals surface area (Å²) in [5.74, 6) is 1.58. The van der Waals surface area contributed by atoms with Gasteiger partial charge in [-0.25, -0.2) is 4.79 Å². The highest BCUT2D eigenvalue weighted by Gasteiger charge is 2.31. The Morgan fingerprint density at radius 3 is 1.62 bits per heavy atom. The monoisotopic (exact) mass is 432 g/mol. The van der Waals surface area contributed by atoms with Crippen molar-refractivity contribution in [3.8, 4) is 0 Å². The lowest BCUT2D eigenvalue weighted by atomic mass is 10.1. The molecule has 2 N–H and O–H groups in total. The van der Waals surface area contributed by atoms with Crippen molar-refractivity contribution in [1.82, 2.24) is 10.6 Å². The zero-order chi connectivity index (χ0) is 22.3. The fourth-order valence-electron chi connectivity index (χ4n) is 4.11. The quantitative estimate of drug-likeness (QED) is 0.445. The highest BCUT2D eigenvalue weighted by atomic mass is 16.5. The molecule has 0 aliphatic heterocycles. The molecule has 5 heteroatoms. The van der Waals surface area contributed by atoms with E-state index in [2.05, 4.69) is 24.5 Å². The zero-order valence-electron chi connectivity index (χ0n) is 18.9. The van der Waals surface area contributed by atoms with Crippen LogP contribution in [0.4, 0.5) is 4.79 Å². The van der Waals surface area contributed by atoms with Crippen LogP contribution in [0.1, 0.15) is 73.9 Å². The average Bonchev–Trinajstić information content (AvgIpc) is 3.32. The number of nitrogens with one attached hydrogen (secondary N) is 2. The van der Waals surface area contributed by atoms with Crippen molar-refractivity contribution >= 4 is 18.2 Å². The third-order valence-electron chi connectivity index (χ3n) is 5.86. The van der Waals surface area contributed by atoms with E-state index in [0.29, 0.717) is 13.2 Å². The number of amides is 2. The highest BCUT2D eigenvalue weighted by molar-refractivity contribution is 5.79. The molecular weight excluding hydrogens is 400 g/mol. The molecule has 2 atom stereocenters. The van der Waals surface area contributed by atoms with Crippen LogP contribution in [-0.4, -0.2) is 19.2 Å². The van der Waals surface area contributed by atoms with Crippen molar-refractivity contribution in [3.63, 3.8) is 0 Å². The molecule has 4 rings (SSSR count). The Morgan fingerprint density at radius 1 is 0.750 bits per heavy atom.